The Morgan fingerprint density at radius 1 is 1.18 bits per heavy atom. The first-order valence-corrected chi connectivity index (χ1v) is 8.20. The van der Waals surface area contributed by atoms with Crippen LogP contribution in [0.15, 0.2) is 36.4 Å². The van der Waals surface area contributed by atoms with Gasteiger partial charge in [-0.05, 0) is 55.5 Å². The van der Waals surface area contributed by atoms with Gasteiger partial charge in [0.25, 0.3) is 0 Å². The SMILES string of the molecule is CCC(CC)(c1cccc(F)c1)c1ccc2c(n1)CCCN2. The Bertz CT molecular complexity index is 662. The summed E-state index contributed by atoms with van der Waals surface area (Å²) in [5.41, 5.74) is 4.16. The predicted molar refractivity (Wildman–Crippen MR) is 88.8 cm³/mol. The number of halogens is 1. The molecule has 0 bridgehead atoms. The van der Waals surface area contributed by atoms with E-state index < -0.39 is 0 Å². The molecule has 1 aliphatic heterocycles. The topological polar surface area (TPSA) is 24.9 Å². The molecule has 0 saturated carbocycles. The van der Waals surface area contributed by atoms with E-state index in [4.69, 9.17) is 4.98 Å². The van der Waals surface area contributed by atoms with E-state index in [1.54, 1.807) is 12.1 Å². The van der Waals surface area contributed by atoms with Crippen LogP contribution in [-0.2, 0) is 11.8 Å². The Labute approximate surface area is 131 Å². The molecule has 0 aliphatic carbocycles. The fraction of sp³-hybridized carbons (Fsp3) is 0.421. The van der Waals surface area contributed by atoms with Crippen LogP contribution in [0.5, 0.6) is 0 Å². The third-order valence-corrected chi connectivity index (χ3v) is 4.95. The van der Waals surface area contributed by atoms with Gasteiger partial charge in [0.2, 0.25) is 0 Å². The van der Waals surface area contributed by atoms with Gasteiger partial charge >= 0.3 is 0 Å². The summed E-state index contributed by atoms with van der Waals surface area (Å²) in [6, 6.07) is 11.2. The van der Waals surface area contributed by atoms with Crippen LogP contribution in [0, 0.1) is 5.82 Å². The Morgan fingerprint density at radius 3 is 2.73 bits per heavy atom. The molecule has 0 atom stereocenters. The molecule has 2 heterocycles. The molecular weight excluding hydrogens is 275 g/mol. The minimum Gasteiger partial charge on any atom is -0.384 e. The molecule has 116 valence electrons. The lowest BCUT2D eigenvalue weighted by Gasteiger charge is -2.33. The van der Waals surface area contributed by atoms with E-state index in [1.807, 2.05) is 6.07 Å². The molecule has 0 saturated heterocycles. The first-order valence-electron chi connectivity index (χ1n) is 8.20. The van der Waals surface area contributed by atoms with Crippen LogP contribution in [0.1, 0.15) is 50.1 Å². The number of benzene rings is 1. The lowest BCUT2D eigenvalue weighted by molar-refractivity contribution is 0.459. The molecule has 1 aromatic heterocycles. The number of anilines is 1. The van der Waals surface area contributed by atoms with E-state index in [1.165, 1.54) is 6.07 Å². The van der Waals surface area contributed by atoms with Crippen molar-refractivity contribution in [1.82, 2.24) is 4.98 Å². The molecule has 0 unspecified atom stereocenters. The highest BCUT2D eigenvalue weighted by Crippen LogP contribution is 2.39. The summed E-state index contributed by atoms with van der Waals surface area (Å²) >= 11 is 0. The van der Waals surface area contributed by atoms with E-state index in [0.29, 0.717) is 0 Å². The van der Waals surface area contributed by atoms with Crippen LogP contribution in [0.2, 0.25) is 0 Å². The Hall–Kier alpha value is -1.90. The van der Waals surface area contributed by atoms with Crippen LogP contribution in [0.3, 0.4) is 0 Å². The van der Waals surface area contributed by atoms with Gasteiger partial charge < -0.3 is 5.32 Å². The maximum atomic E-state index is 13.7. The van der Waals surface area contributed by atoms with E-state index in [0.717, 1.165) is 54.9 Å². The molecule has 2 nitrogen and oxygen atoms in total. The van der Waals surface area contributed by atoms with E-state index >= 15 is 0 Å². The zero-order valence-corrected chi connectivity index (χ0v) is 13.3. The highest BCUT2D eigenvalue weighted by molar-refractivity contribution is 5.51. The summed E-state index contributed by atoms with van der Waals surface area (Å²) in [5, 5.41) is 3.40. The fourth-order valence-electron chi connectivity index (χ4n) is 3.55. The minimum absolute atomic E-state index is 0.177. The van der Waals surface area contributed by atoms with Gasteiger partial charge in [-0.15, -0.1) is 0 Å². The number of aromatic nitrogens is 1. The van der Waals surface area contributed by atoms with Crippen molar-refractivity contribution in [2.75, 3.05) is 11.9 Å². The highest BCUT2D eigenvalue weighted by atomic mass is 19.1. The second kappa shape index (κ2) is 6.07. The molecular formula is C19H23FN2. The third-order valence-electron chi connectivity index (χ3n) is 4.95. The fourth-order valence-corrected chi connectivity index (χ4v) is 3.55. The van der Waals surface area contributed by atoms with Crippen molar-refractivity contribution < 1.29 is 4.39 Å². The van der Waals surface area contributed by atoms with Crippen molar-refractivity contribution in [2.24, 2.45) is 0 Å². The monoisotopic (exact) mass is 298 g/mol. The van der Waals surface area contributed by atoms with E-state index in [-0.39, 0.29) is 11.2 Å². The normalized spacial score (nSPS) is 14.3. The standard InChI is InChI=1S/C19H23FN2/c1-3-19(4-2,14-7-5-8-15(20)13-14)18-11-10-16-17(22-18)9-6-12-21-16/h5,7-8,10-11,13,21H,3-4,6,9,12H2,1-2H3. The molecule has 0 amide bonds. The number of fused-ring (bicyclic) bond motifs is 1. The van der Waals surface area contributed by atoms with Gasteiger partial charge in [-0.3, -0.25) is 4.98 Å². The molecule has 3 rings (SSSR count). The lowest BCUT2D eigenvalue weighted by atomic mass is 9.73. The quantitative estimate of drug-likeness (QED) is 0.886. The second-order valence-electron chi connectivity index (χ2n) is 6.02. The number of pyridine rings is 1. The second-order valence-corrected chi connectivity index (χ2v) is 6.02. The van der Waals surface area contributed by atoms with Crippen LogP contribution in [0.25, 0.3) is 0 Å². The van der Waals surface area contributed by atoms with Crippen LogP contribution in [-0.4, -0.2) is 11.5 Å². The predicted octanol–water partition coefficient (Wildman–Crippen LogP) is 4.68. The molecule has 1 N–H and O–H groups in total. The van der Waals surface area contributed by atoms with Gasteiger partial charge in [-0.2, -0.15) is 0 Å². The number of aryl methyl sites for hydroxylation is 1. The molecule has 2 aromatic rings. The number of hydrogen-bond acceptors (Lipinski definition) is 2. The molecule has 0 fully saturated rings. The maximum Gasteiger partial charge on any atom is 0.123 e. The van der Waals surface area contributed by atoms with E-state index in [9.17, 15) is 4.39 Å². The van der Waals surface area contributed by atoms with Gasteiger partial charge in [-0.1, -0.05) is 26.0 Å². The number of hydrogen-bond donors (Lipinski definition) is 1. The van der Waals surface area contributed by atoms with Crippen molar-refractivity contribution >= 4 is 5.69 Å². The Morgan fingerprint density at radius 2 is 2.00 bits per heavy atom. The average molecular weight is 298 g/mol. The lowest BCUT2D eigenvalue weighted by Crippen LogP contribution is -2.28. The summed E-state index contributed by atoms with van der Waals surface area (Å²) in [4.78, 5) is 4.95. The third kappa shape index (κ3) is 2.49. The number of rotatable bonds is 4. The van der Waals surface area contributed by atoms with Crippen molar-refractivity contribution in [1.29, 1.82) is 0 Å². The zero-order chi connectivity index (χ0) is 15.6. The molecule has 1 aromatic carbocycles. The van der Waals surface area contributed by atoms with Gasteiger partial charge in [0.15, 0.2) is 0 Å². The van der Waals surface area contributed by atoms with E-state index in [2.05, 4.69) is 31.3 Å². The maximum absolute atomic E-state index is 13.7. The van der Waals surface area contributed by atoms with Gasteiger partial charge in [0, 0.05) is 12.0 Å². The number of nitrogens with one attached hydrogen (secondary N) is 1. The summed E-state index contributed by atoms with van der Waals surface area (Å²) < 4.78 is 13.7. The van der Waals surface area contributed by atoms with Crippen LogP contribution >= 0.6 is 0 Å². The molecule has 0 radical (unpaired) electrons. The highest BCUT2D eigenvalue weighted by Gasteiger charge is 2.33. The van der Waals surface area contributed by atoms with Crippen molar-refractivity contribution in [3.8, 4) is 0 Å². The van der Waals surface area contributed by atoms with Crippen molar-refractivity contribution in [3.63, 3.8) is 0 Å². The van der Waals surface area contributed by atoms with Gasteiger partial charge in [0.05, 0.1) is 17.1 Å². The Balaban J connectivity index is 2.11. The zero-order valence-electron chi connectivity index (χ0n) is 13.3. The molecule has 22 heavy (non-hydrogen) atoms. The minimum atomic E-state index is -0.214. The molecule has 1 aliphatic rings. The Kier molecular flexibility index (Phi) is 4.14. The first kappa shape index (κ1) is 15.0. The van der Waals surface area contributed by atoms with Crippen molar-refractivity contribution in [3.05, 3.63) is 59.2 Å². The summed E-state index contributed by atoms with van der Waals surface area (Å²) in [6.45, 7) is 5.34. The average Bonchev–Trinajstić information content (AvgIpc) is 2.56. The molecule has 0 spiro atoms. The van der Waals surface area contributed by atoms with Gasteiger partial charge in [0.1, 0.15) is 5.82 Å². The smallest absolute Gasteiger partial charge is 0.123 e. The first-order chi connectivity index (χ1) is 10.7. The van der Waals surface area contributed by atoms with Gasteiger partial charge in [-0.25, -0.2) is 4.39 Å². The molecule has 3 heteroatoms. The number of nitrogens with zero attached hydrogens (tertiary/aromatic N) is 1. The summed E-state index contributed by atoms with van der Waals surface area (Å²) in [5.74, 6) is -0.177. The van der Waals surface area contributed by atoms with Crippen LogP contribution in [0.4, 0.5) is 10.1 Å². The van der Waals surface area contributed by atoms with Crippen LogP contribution < -0.4 is 5.32 Å². The summed E-state index contributed by atoms with van der Waals surface area (Å²) in [6.07, 6.45) is 3.95. The summed E-state index contributed by atoms with van der Waals surface area (Å²) in [7, 11) is 0. The largest absolute Gasteiger partial charge is 0.384 e. The van der Waals surface area contributed by atoms with Crippen molar-refractivity contribution in [2.45, 2.75) is 44.9 Å².